The van der Waals surface area contributed by atoms with E-state index in [2.05, 4.69) is 20.5 Å². The first-order valence-corrected chi connectivity index (χ1v) is 6.00. The summed E-state index contributed by atoms with van der Waals surface area (Å²) < 4.78 is 0. The predicted molar refractivity (Wildman–Crippen MR) is 68.3 cm³/mol. The van der Waals surface area contributed by atoms with Crippen molar-refractivity contribution in [2.24, 2.45) is 0 Å². The third-order valence-corrected chi connectivity index (χ3v) is 2.87. The second-order valence-electron chi connectivity index (χ2n) is 3.82. The summed E-state index contributed by atoms with van der Waals surface area (Å²) in [6.07, 6.45) is 2.08. The average molecular weight is 265 g/mol. The summed E-state index contributed by atoms with van der Waals surface area (Å²) >= 11 is 5.84. The number of benzene rings is 1. The van der Waals surface area contributed by atoms with Crippen LogP contribution >= 0.6 is 11.6 Å². The zero-order chi connectivity index (χ0) is 13.0. The molecule has 1 aromatic carbocycles. The second kappa shape index (κ2) is 5.64. The van der Waals surface area contributed by atoms with Crippen LogP contribution in [0.2, 0.25) is 5.02 Å². The number of amides is 1. The molecule has 5 nitrogen and oxygen atoms in total. The van der Waals surface area contributed by atoms with Crippen LogP contribution in [0.5, 0.6) is 0 Å². The molecule has 18 heavy (non-hydrogen) atoms. The van der Waals surface area contributed by atoms with Crippen molar-refractivity contribution < 1.29 is 4.79 Å². The van der Waals surface area contributed by atoms with Gasteiger partial charge in [0.1, 0.15) is 6.33 Å². The second-order valence-corrected chi connectivity index (χ2v) is 4.26. The first-order chi connectivity index (χ1) is 8.70. The summed E-state index contributed by atoms with van der Waals surface area (Å²) in [5.74, 6) is -0.0586. The van der Waals surface area contributed by atoms with Gasteiger partial charge in [-0.3, -0.25) is 9.89 Å². The van der Waals surface area contributed by atoms with Gasteiger partial charge in [0, 0.05) is 5.02 Å². The van der Waals surface area contributed by atoms with E-state index in [-0.39, 0.29) is 17.8 Å². The zero-order valence-electron chi connectivity index (χ0n) is 9.85. The van der Waals surface area contributed by atoms with Gasteiger partial charge in [-0.05, 0) is 24.1 Å². The Morgan fingerprint density at radius 3 is 2.72 bits per heavy atom. The standard InChI is InChI=1S/C12H13ClN4O/c1-2-10(8-3-5-9(13)6-4-8)16-12(18)11-14-7-15-17-11/h3-7,10H,2H2,1H3,(H,16,18)(H,14,15,17). The molecule has 1 aromatic heterocycles. The fraction of sp³-hybridized carbons (Fsp3) is 0.250. The van der Waals surface area contributed by atoms with Gasteiger partial charge in [0.15, 0.2) is 0 Å². The van der Waals surface area contributed by atoms with Crippen molar-refractivity contribution in [3.05, 3.63) is 47.0 Å². The lowest BCUT2D eigenvalue weighted by Gasteiger charge is -2.16. The zero-order valence-corrected chi connectivity index (χ0v) is 10.6. The van der Waals surface area contributed by atoms with Crippen molar-refractivity contribution in [2.45, 2.75) is 19.4 Å². The van der Waals surface area contributed by atoms with Crippen molar-refractivity contribution in [2.75, 3.05) is 0 Å². The minimum atomic E-state index is -0.269. The number of hydrogen-bond donors (Lipinski definition) is 2. The Kier molecular flexibility index (Phi) is 3.94. The molecule has 2 rings (SSSR count). The number of H-pyrrole nitrogens is 1. The third-order valence-electron chi connectivity index (χ3n) is 2.62. The van der Waals surface area contributed by atoms with Crippen LogP contribution in [0, 0.1) is 0 Å². The minimum Gasteiger partial charge on any atom is -0.343 e. The van der Waals surface area contributed by atoms with Gasteiger partial charge >= 0.3 is 0 Å². The molecule has 0 spiro atoms. The molecule has 1 atom stereocenters. The summed E-state index contributed by atoms with van der Waals surface area (Å²) in [7, 11) is 0. The maximum Gasteiger partial charge on any atom is 0.289 e. The summed E-state index contributed by atoms with van der Waals surface area (Å²) in [4.78, 5) is 15.7. The van der Waals surface area contributed by atoms with E-state index < -0.39 is 0 Å². The van der Waals surface area contributed by atoms with Gasteiger partial charge in [0.05, 0.1) is 6.04 Å². The first-order valence-electron chi connectivity index (χ1n) is 5.62. The number of aromatic nitrogens is 3. The highest BCUT2D eigenvalue weighted by molar-refractivity contribution is 6.30. The molecule has 2 aromatic rings. The summed E-state index contributed by atoms with van der Waals surface area (Å²) in [6, 6.07) is 7.34. The smallest absolute Gasteiger partial charge is 0.289 e. The Morgan fingerprint density at radius 2 is 2.17 bits per heavy atom. The largest absolute Gasteiger partial charge is 0.343 e. The SMILES string of the molecule is CCC(NC(=O)c1ncn[nH]1)c1ccc(Cl)cc1. The molecule has 0 aliphatic rings. The summed E-state index contributed by atoms with van der Waals surface area (Å²) in [6.45, 7) is 2.00. The van der Waals surface area contributed by atoms with Crippen LogP contribution in [0.15, 0.2) is 30.6 Å². The highest BCUT2D eigenvalue weighted by atomic mass is 35.5. The molecule has 0 radical (unpaired) electrons. The van der Waals surface area contributed by atoms with E-state index in [0.717, 1.165) is 12.0 Å². The van der Waals surface area contributed by atoms with Crippen LogP contribution in [0.25, 0.3) is 0 Å². The van der Waals surface area contributed by atoms with Crippen LogP contribution in [0.1, 0.15) is 35.6 Å². The quantitative estimate of drug-likeness (QED) is 0.890. The molecule has 94 valence electrons. The van der Waals surface area contributed by atoms with Crippen molar-refractivity contribution in [1.29, 1.82) is 0 Å². The summed E-state index contributed by atoms with van der Waals surface area (Å²) in [5.41, 5.74) is 1.01. The molecule has 0 aliphatic heterocycles. The fourth-order valence-corrected chi connectivity index (χ4v) is 1.78. The maximum atomic E-state index is 11.8. The van der Waals surface area contributed by atoms with E-state index in [1.165, 1.54) is 6.33 Å². The molecule has 1 amide bonds. The predicted octanol–water partition coefficient (Wildman–Crippen LogP) is 2.34. The first kappa shape index (κ1) is 12.6. The van der Waals surface area contributed by atoms with E-state index in [9.17, 15) is 4.79 Å². The van der Waals surface area contributed by atoms with Crippen LogP contribution in [0.4, 0.5) is 0 Å². The normalized spacial score (nSPS) is 12.1. The Labute approximate surface area is 110 Å². The lowest BCUT2D eigenvalue weighted by atomic mass is 10.0. The molecule has 0 saturated heterocycles. The van der Waals surface area contributed by atoms with Crippen LogP contribution in [-0.4, -0.2) is 21.1 Å². The fourth-order valence-electron chi connectivity index (χ4n) is 1.66. The molecule has 1 heterocycles. The molecule has 1 unspecified atom stereocenters. The van der Waals surface area contributed by atoms with Gasteiger partial charge < -0.3 is 5.32 Å². The van der Waals surface area contributed by atoms with Crippen LogP contribution in [-0.2, 0) is 0 Å². The number of aromatic amines is 1. The third kappa shape index (κ3) is 2.87. The van der Waals surface area contributed by atoms with E-state index in [4.69, 9.17) is 11.6 Å². The Balaban J connectivity index is 2.10. The molecule has 0 aliphatic carbocycles. The Morgan fingerprint density at radius 1 is 1.44 bits per heavy atom. The van der Waals surface area contributed by atoms with Crippen molar-refractivity contribution >= 4 is 17.5 Å². The monoisotopic (exact) mass is 264 g/mol. The van der Waals surface area contributed by atoms with E-state index in [1.54, 1.807) is 12.1 Å². The minimum absolute atomic E-state index is 0.0696. The number of carbonyl (C=O) groups is 1. The number of nitrogens with zero attached hydrogens (tertiary/aromatic N) is 2. The molecular weight excluding hydrogens is 252 g/mol. The lowest BCUT2D eigenvalue weighted by molar-refractivity contribution is 0.0925. The van der Waals surface area contributed by atoms with Crippen molar-refractivity contribution in [3.63, 3.8) is 0 Å². The van der Waals surface area contributed by atoms with E-state index >= 15 is 0 Å². The van der Waals surface area contributed by atoms with E-state index in [0.29, 0.717) is 5.02 Å². The molecular formula is C12H13ClN4O. The summed E-state index contributed by atoms with van der Waals surface area (Å²) in [5, 5.41) is 9.74. The van der Waals surface area contributed by atoms with Gasteiger partial charge in [0.25, 0.3) is 5.91 Å². The van der Waals surface area contributed by atoms with Gasteiger partial charge in [-0.15, -0.1) is 0 Å². The van der Waals surface area contributed by atoms with Gasteiger partial charge in [-0.2, -0.15) is 5.10 Å². The number of carbonyl (C=O) groups excluding carboxylic acids is 1. The number of hydrogen-bond acceptors (Lipinski definition) is 3. The van der Waals surface area contributed by atoms with Gasteiger partial charge in [-0.1, -0.05) is 30.7 Å². The van der Waals surface area contributed by atoms with Crippen molar-refractivity contribution in [1.82, 2.24) is 20.5 Å². The average Bonchev–Trinajstić information content (AvgIpc) is 2.91. The topological polar surface area (TPSA) is 70.7 Å². The van der Waals surface area contributed by atoms with Crippen LogP contribution < -0.4 is 5.32 Å². The van der Waals surface area contributed by atoms with Crippen molar-refractivity contribution in [3.8, 4) is 0 Å². The maximum absolute atomic E-state index is 11.8. The molecule has 0 fully saturated rings. The van der Waals surface area contributed by atoms with Gasteiger partial charge in [0.2, 0.25) is 5.82 Å². The van der Waals surface area contributed by atoms with Crippen LogP contribution in [0.3, 0.4) is 0 Å². The Hall–Kier alpha value is -1.88. The molecule has 6 heteroatoms. The highest BCUT2D eigenvalue weighted by Crippen LogP contribution is 2.19. The number of halogens is 1. The molecule has 2 N–H and O–H groups in total. The lowest BCUT2D eigenvalue weighted by Crippen LogP contribution is -2.29. The van der Waals surface area contributed by atoms with E-state index in [1.807, 2.05) is 19.1 Å². The van der Waals surface area contributed by atoms with Gasteiger partial charge in [-0.25, -0.2) is 4.98 Å². The molecule has 0 bridgehead atoms. The molecule has 0 saturated carbocycles. The number of rotatable bonds is 4. The number of nitrogens with one attached hydrogen (secondary N) is 2. The Bertz CT molecular complexity index is 509. The highest BCUT2D eigenvalue weighted by Gasteiger charge is 2.15.